The smallest absolute Gasteiger partial charge is 0.243 e. The molecule has 1 aromatic heterocycles. The van der Waals surface area contributed by atoms with Gasteiger partial charge in [-0.15, -0.1) is 0 Å². The predicted molar refractivity (Wildman–Crippen MR) is 142 cm³/mol. The number of aliphatic hydroxyl groups excluding tert-OH is 2. The van der Waals surface area contributed by atoms with Crippen molar-refractivity contribution in [3.63, 3.8) is 0 Å². The molecule has 3 saturated heterocycles. The number of aliphatic hydroxyl groups is 2. The lowest BCUT2D eigenvalue weighted by atomic mass is 10.0. The summed E-state index contributed by atoms with van der Waals surface area (Å²) in [6.07, 6.45) is 0.663. The van der Waals surface area contributed by atoms with E-state index in [1.165, 1.54) is 4.31 Å². The zero-order valence-electron chi connectivity index (χ0n) is 21.0. The Morgan fingerprint density at radius 2 is 1.92 bits per heavy atom. The Bertz CT molecular complexity index is 1420. The highest BCUT2D eigenvalue weighted by atomic mass is 32.2. The standard InChI is InChI=1S/C27H32N4O6S/c32-16-19-17-37-12-11-30(19)27(34)26-8-10-31(26)38(35,36)21-5-6-25(29-9-7-20(33)15-29)22(14-21)24-13-18-3-1-2-4-23(18)28-24/h1-6,13-14,19-20,26,28,32-33H,7-12,15-17H2/t19-,20+,26+/m1/s1. The highest BCUT2D eigenvalue weighted by molar-refractivity contribution is 7.89. The number of β-amino-alcohol motifs (C(OH)–C–C–N with tert-alkyl or cyclic N) is 1. The van der Waals surface area contributed by atoms with Gasteiger partial charge in [0.05, 0.1) is 36.9 Å². The monoisotopic (exact) mass is 540 g/mol. The minimum absolute atomic E-state index is 0.118. The van der Waals surface area contributed by atoms with Crippen LogP contribution in [0.4, 0.5) is 5.69 Å². The van der Waals surface area contributed by atoms with E-state index in [-0.39, 0.29) is 30.6 Å². The first kappa shape index (κ1) is 25.3. The van der Waals surface area contributed by atoms with E-state index in [9.17, 15) is 23.4 Å². The summed E-state index contributed by atoms with van der Waals surface area (Å²) in [6.45, 7) is 2.11. The molecule has 3 aliphatic rings. The van der Waals surface area contributed by atoms with Crippen LogP contribution in [-0.4, -0.2) is 103 Å². The summed E-state index contributed by atoms with van der Waals surface area (Å²) >= 11 is 0. The number of rotatable bonds is 6. The minimum atomic E-state index is -3.96. The van der Waals surface area contributed by atoms with Crippen LogP contribution in [0.15, 0.2) is 53.4 Å². The maximum absolute atomic E-state index is 13.8. The van der Waals surface area contributed by atoms with E-state index in [1.807, 2.05) is 30.3 Å². The largest absolute Gasteiger partial charge is 0.394 e. The molecule has 2 aromatic carbocycles. The SMILES string of the molecule is O=C([C@@H]1CCN1S(=O)(=O)c1ccc(N2CC[C@H](O)C2)c(-c2cc3ccccc3[nH]2)c1)N1CCOC[C@H]1CO. The molecule has 0 bridgehead atoms. The topological polar surface area (TPSA) is 126 Å². The third-order valence-electron chi connectivity index (χ3n) is 7.88. The van der Waals surface area contributed by atoms with Crippen LogP contribution in [0.1, 0.15) is 12.8 Å². The van der Waals surface area contributed by atoms with E-state index in [4.69, 9.17) is 4.74 Å². The molecule has 202 valence electrons. The highest BCUT2D eigenvalue weighted by Crippen LogP contribution is 2.38. The van der Waals surface area contributed by atoms with E-state index in [0.29, 0.717) is 39.1 Å². The summed E-state index contributed by atoms with van der Waals surface area (Å²) in [4.78, 5) is 20.5. The quantitative estimate of drug-likeness (QED) is 0.431. The molecule has 11 heteroatoms. The molecular weight excluding hydrogens is 508 g/mol. The van der Waals surface area contributed by atoms with Gasteiger partial charge in [0, 0.05) is 54.0 Å². The lowest BCUT2D eigenvalue weighted by Gasteiger charge is -2.44. The van der Waals surface area contributed by atoms with Crippen molar-refractivity contribution in [3.05, 3.63) is 48.5 Å². The average Bonchev–Trinajstić information content (AvgIpc) is 3.53. The number of anilines is 1. The molecule has 38 heavy (non-hydrogen) atoms. The van der Waals surface area contributed by atoms with Gasteiger partial charge in [-0.25, -0.2) is 8.42 Å². The van der Waals surface area contributed by atoms with Gasteiger partial charge >= 0.3 is 0 Å². The van der Waals surface area contributed by atoms with Crippen LogP contribution in [0.3, 0.4) is 0 Å². The van der Waals surface area contributed by atoms with E-state index in [2.05, 4.69) is 9.88 Å². The van der Waals surface area contributed by atoms with Crippen molar-refractivity contribution in [1.82, 2.24) is 14.2 Å². The Kier molecular flexibility index (Phi) is 6.65. The van der Waals surface area contributed by atoms with Crippen LogP contribution in [0.25, 0.3) is 22.2 Å². The molecule has 3 atom stereocenters. The normalized spacial score (nSPS) is 24.6. The molecule has 3 N–H and O–H groups in total. The number of aromatic nitrogens is 1. The number of aromatic amines is 1. The number of nitrogens with one attached hydrogen (secondary N) is 1. The van der Waals surface area contributed by atoms with Gasteiger partial charge in [-0.3, -0.25) is 4.79 Å². The molecular formula is C27H32N4O6S. The van der Waals surface area contributed by atoms with Gasteiger partial charge in [0.25, 0.3) is 0 Å². The Hall–Kier alpha value is -2.96. The van der Waals surface area contributed by atoms with Crippen LogP contribution >= 0.6 is 0 Å². The second kappa shape index (κ2) is 9.97. The fourth-order valence-electron chi connectivity index (χ4n) is 5.67. The fraction of sp³-hybridized carbons (Fsp3) is 0.444. The molecule has 6 rings (SSSR count). The van der Waals surface area contributed by atoms with E-state index in [1.54, 1.807) is 23.1 Å². The number of sulfonamides is 1. The van der Waals surface area contributed by atoms with E-state index >= 15 is 0 Å². The maximum atomic E-state index is 13.8. The van der Waals surface area contributed by atoms with Crippen LogP contribution in [0, 0.1) is 0 Å². The number of hydrogen-bond donors (Lipinski definition) is 3. The van der Waals surface area contributed by atoms with Crippen molar-refractivity contribution in [2.24, 2.45) is 0 Å². The Labute approximate surface area is 221 Å². The number of H-pyrrole nitrogens is 1. The van der Waals surface area contributed by atoms with Gasteiger partial charge in [0.15, 0.2) is 0 Å². The summed E-state index contributed by atoms with van der Waals surface area (Å²) in [5.74, 6) is -0.291. The molecule has 4 heterocycles. The van der Waals surface area contributed by atoms with E-state index < -0.39 is 28.2 Å². The van der Waals surface area contributed by atoms with Crippen molar-refractivity contribution in [3.8, 4) is 11.3 Å². The van der Waals surface area contributed by atoms with Gasteiger partial charge in [-0.2, -0.15) is 4.31 Å². The zero-order valence-corrected chi connectivity index (χ0v) is 21.8. The lowest BCUT2D eigenvalue weighted by molar-refractivity contribution is -0.148. The van der Waals surface area contributed by atoms with Gasteiger partial charge in [0.1, 0.15) is 6.04 Å². The molecule has 3 aromatic rings. The van der Waals surface area contributed by atoms with Crippen LogP contribution in [-0.2, 0) is 19.6 Å². The second-order valence-corrected chi connectivity index (χ2v) is 12.1. The highest BCUT2D eigenvalue weighted by Gasteiger charge is 2.46. The average molecular weight is 541 g/mol. The Morgan fingerprint density at radius 3 is 2.63 bits per heavy atom. The predicted octanol–water partition coefficient (Wildman–Crippen LogP) is 1.39. The Balaban J connectivity index is 1.35. The maximum Gasteiger partial charge on any atom is 0.243 e. The fourth-order valence-corrected chi connectivity index (χ4v) is 7.32. The molecule has 0 aliphatic carbocycles. The van der Waals surface area contributed by atoms with Crippen LogP contribution in [0.5, 0.6) is 0 Å². The summed E-state index contributed by atoms with van der Waals surface area (Å²) in [7, 11) is -3.96. The summed E-state index contributed by atoms with van der Waals surface area (Å²) in [5, 5.41) is 20.8. The second-order valence-electron chi connectivity index (χ2n) is 10.2. The third-order valence-corrected chi connectivity index (χ3v) is 9.78. The van der Waals surface area contributed by atoms with Crippen molar-refractivity contribution in [2.45, 2.75) is 35.9 Å². The molecule has 3 aliphatic heterocycles. The molecule has 1 amide bonds. The summed E-state index contributed by atoms with van der Waals surface area (Å²) < 4.78 is 34.3. The lowest BCUT2D eigenvalue weighted by Crippen LogP contribution is -2.62. The zero-order chi connectivity index (χ0) is 26.4. The number of para-hydroxylation sites is 1. The summed E-state index contributed by atoms with van der Waals surface area (Å²) in [5.41, 5.74) is 3.31. The van der Waals surface area contributed by atoms with Gasteiger partial charge in [0.2, 0.25) is 15.9 Å². The van der Waals surface area contributed by atoms with Gasteiger partial charge in [-0.1, -0.05) is 18.2 Å². The van der Waals surface area contributed by atoms with Crippen molar-refractivity contribution >= 4 is 32.5 Å². The molecule has 3 fully saturated rings. The molecule has 0 radical (unpaired) electrons. The summed E-state index contributed by atoms with van der Waals surface area (Å²) in [6, 6.07) is 13.7. The molecule has 0 saturated carbocycles. The first-order valence-corrected chi connectivity index (χ1v) is 14.5. The van der Waals surface area contributed by atoms with E-state index in [0.717, 1.165) is 27.8 Å². The molecule has 0 spiro atoms. The van der Waals surface area contributed by atoms with Crippen LogP contribution in [0.2, 0.25) is 0 Å². The molecule has 10 nitrogen and oxygen atoms in total. The first-order chi connectivity index (χ1) is 18.4. The number of nitrogens with zero attached hydrogens (tertiary/aromatic N) is 3. The van der Waals surface area contributed by atoms with Crippen molar-refractivity contribution in [1.29, 1.82) is 0 Å². The number of morpholine rings is 1. The minimum Gasteiger partial charge on any atom is -0.394 e. The van der Waals surface area contributed by atoms with Gasteiger partial charge in [-0.05, 0) is 43.2 Å². The number of amides is 1. The Morgan fingerprint density at radius 1 is 1.08 bits per heavy atom. The number of carbonyl (C=O) groups is 1. The van der Waals surface area contributed by atoms with Crippen LogP contribution < -0.4 is 4.90 Å². The van der Waals surface area contributed by atoms with Crippen molar-refractivity contribution < 1.29 is 28.2 Å². The number of benzene rings is 2. The number of fused-ring (bicyclic) bond motifs is 1. The number of ether oxygens (including phenoxy) is 1. The number of hydrogen-bond acceptors (Lipinski definition) is 7. The van der Waals surface area contributed by atoms with Gasteiger partial charge < -0.3 is 29.7 Å². The third kappa shape index (κ3) is 4.38. The number of carbonyl (C=O) groups excluding carboxylic acids is 1. The van der Waals surface area contributed by atoms with Crippen molar-refractivity contribution in [2.75, 3.05) is 50.9 Å². The first-order valence-electron chi connectivity index (χ1n) is 13.0. The molecule has 0 unspecified atom stereocenters.